The van der Waals surface area contributed by atoms with E-state index in [1.165, 1.54) is 0 Å². The Morgan fingerprint density at radius 1 is 1.32 bits per heavy atom. The van der Waals surface area contributed by atoms with Gasteiger partial charge in [-0.15, -0.1) is 11.3 Å². The number of nitrogens with zero attached hydrogens (tertiary/aromatic N) is 2. The molecule has 0 spiro atoms. The van der Waals surface area contributed by atoms with Gasteiger partial charge in [-0.3, -0.25) is 0 Å². The molecule has 1 fully saturated rings. The van der Waals surface area contributed by atoms with Crippen LogP contribution in [0.2, 0.25) is 5.02 Å². The van der Waals surface area contributed by atoms with Crippen molar-refractivity contribution in [2.75, 3.05) is 36.9 Å². The molecule has 0 unspecified atom stereocenters. The summed E-state index contributed by atoms with van der Waals surface area (Å²) in [6.45, 7) is 3.33. The van der Waals surface area contributed by atoms with E-state index < -0.39 is 0 Å². The van der Waals surface area contributed by atoms with Crippen molar-refractivity contribution in [1.82, 2.24) is 4.98 Å². The largest absolute Gasteiger partial charge is 0.398 e. The van der Waals surface area contributed by atoms with Crippen molar-refractivity contribution in [2.45, 2.75) is 0 Å². The molecule has 2 heterocycles. The van der Waals surface area contributed by atoms with Crippen LogP contribution < -0.4 is 10.6 Å². The summed E-state index contributed by atoms with van der Waals surface area (Å²) in [7, 11) is 0. The molecule has 2 N–H and O–H groups in total. The number of anilines is 2. The van der Waals surface area contributed by atoms with Crippen molar-refractivity contribution < 1.29 is 4.74 Å². The van der Waals surface area contributed by atoms with Gasteiger partial charge in [0, 0.05) is 24.0 Å². The molecule has 0 amide bonds. The van der Waals surface area contributed by atoms with Crippen molar-refractivity contribution >= 4 is 33.8 Å². The predicted molar refractivity (Wildman–Crippen MR) is 80.0 cm³/mol. The number of halogens is 1. The third-order valence-corrected chi connectivity index (χ3v) is 4.31. The summed E-state index contributed by atoms with van der Waals surface area (Å²) in [5, 5.41) is 3.66. The molecule has 1 aliphatic rings. The van der Waals surface area contributed by atoms with Crippen LogP contribution in [-0.2, 0) is 4.74 Å². The highest BCUT2D eigenvalue weighted by atomic mass is 35.5. The van der Waals surface area contributed by atoms with Crippen LogP contribution in [0.1, 0.15) is 0 Å². The molecular formula is C13H14ClN3OS. The highest BCUT2D eigenvalue weighted by Gasteiger charge is 2.15. The lowest BCUT2D eigenvalue weighted by Crippen LogP contribution is -2.36. The van der Waals surface area contributed by atoms with Gasteiger partial charge in [0.2, 0.25) is 0 Å². The minimum Gasteiger partial charge on any atom is -0.398 e. The van der Waals surface area contributed by atoms with Crippen LogP contribution >= 0.6 is 22.9 Å². The van der Waals surface area contributed by atoms with Crippen LogP contribution in [0, 0.1) is 0 Å². The Morgan fingerprint density at radius 2 is 2.11 bits per heavy atom. The van der Waals surface area contributed by atoms with Gasteiger partial charge in [-0.1, -0.05) is 17.7 Å². The number of thiazole rings is 1. The zero-order valence-electron chi connectivity index (χ0n) is 10.3. The molecule has 1 saturated heterocycles. The number of morpholine rings is 1. The first-order valence-electron chi connectivity index (χ1n) is 6.07. The van der Waals surface area contributed by atoms with E-state index in [9.17, 15) is 0 Å². The molecule has 6 heteroatoms. The molecule has 2 aromatic rings. The second-order valence-corrected chi connectivity index (χ2v) is 5.59. The molecule has 1 aromatic carbocycles. The number of ether oxygens (including phenoxy) is 1. The first kappa shape index (κ1) is 12.7. The highest BCUT2D eigenvalue weighted by molar-refractivity contribution is 7.14. The summed E-state index contributed by atoms with van der Waals surface area (Å²) in [6, 6.07) is 5.61. The SMILES string of the molecule is Nc1cc(-c2csc(N3CCOCC3)n2)ccc1Cl. The second-order valence-electron chi connectivity index (χ2n) is 4.35. The van der Waals surface area contributed by atoms with Gasteiger partial charge in [0.15, 0.2) is 5.13 Å². The van der Waals surface area contributed by atoms with Gasteiger partial charge in [-0.25, -0.2) is 4.98 Å². The Kier molecular flexibility index (Phi) is 3.59. The van der Waals surface area contributed by atoms with Crippen LogP contribution in [0.25, 0.3) is 11.3 Å². The van der Waals surface area contributed by atoms with Gasteiger partial charge in [-0.05, 0) is 12.1 Å². The van der Waals surface area contributed by atoms with E-state index in [-0.39, 0.29) is 0 Å². The number of rotatable bonds is 2. The van der Waals surface area contributed by atoms with E-state index in [2.05, 4.69) is 9.88 Å². The molecule has 19 heavy (non-hydrogen) atoms. The summed E-state index contributed by atoms with van der Waals surface area (Å²) in [5.41, 5.74) is 8.35. The average molecular weight is 296 g/mol. The molecule has 0 bridgehead atoms. The van der Waals surface area contributed by atoms with Gasteiger partial charge in [-0.2, -0.15) is 0 Å². The lowest BCUT2D eigenvalue weighted by Gasteiger charge is -2.26. The first-order chi connectivity index (χ1) is 9.24. The Balaban J connectivity index is 1.85. The van der Waals surface area contributed by atoms with E-state index in [0.717, 1.165) is 42.7 Å². The fraction of sp³-hybridized carbons (Fsp3) is 0.308. The summed E-state index contributed by atoms with van der Waals surface area (Å²) in [5.74, 6) is 0. The molecule has 0 atom stereocenters. The lowest BCUT2D eigenvalue weighted by atomic mass is 10.1. The molecule has 4 nitrogen and oxygen atoms in total. The normalized spacial score (nSPS) is 15.7. The standard InChI is InChI=1S/C13H14ClN3OS/c14-10-2-1-9(7-11(10)15)12-8-19-13(16-12)17-3-5-18-6-4-17/h1-2,7-8H,3-6,15H2. The van der Waals surface area contributed by atoms with E-state index in [1.54, 1.807) is 17.4 Å². The van der Waals surface area contributed by atoms with Gasteiger partial charge in [0.25, 0.3) is 0 Å². The van der Waals surface area contributed by atoms with Gasteiger partial charge in [0.05, 0.1) is 29.6 Å². The summed E-state index contributed by atoms with van der Waals surface area (Å²) in [4.78, 5) is 6.91. The topological polar surface area (TPSA) is 51.4 Å². The minimum atomic E-state index is 0.576. The Hall–Kier alpha value is -1.30. The minimum absolute atomic E-state index is 0.576. The maximum absolute atomic E-state index is 5.93. The van der Waals surface area contributed by atoms with Crippen LogP contribution in [0.5, 0.6) is 0 Å². The maximum atomic E-state index is 5.93. The van der Waals surface area contributed by atoms with Crippen LogP contribution in [0.15, 0.2) is 23.6 Å². The second kappa shape index (κ2) is 5.36. The lowest BCUT2D eigenvalue weighted by molar-refractivity contribution is 0.122. The highest BCUT2D eigenvalue weighted by Crippen LogP contribution is 2.30. The van der Waals surface area contributed by atoms with Crippen molar-refractivity contribution in [3.8, 4) is 11.3 Å². The van der Waals surface area contributed by atoms with Crippen LogP contribution in [0.4, 0.5) is 10.8 Å². The van der Waals surface area contributed by atoms with Gasteiger partial charge >= 0.3 is 0 Å². The predicted octanol–water partition coefficient (Wildman–Crippen LogP) is 2.88. The number of nitrogens with two attached hydrogens (primary N) is 1. The van der Waals surface area contributed by atoms with Crippen molar-refractivity contribution in [3.63, 3.8) is 0 Å². The van der Waals surface area contributed by atoms with Crippen LogP contribution in [0.3, 0.4) is 0 Å². The third kappa shape index (κ3) is 2.68. The molecule has 1 aromatic heterocycles. The number of hydrogen-bond donors (Lipinski definition) is 1. The molecule has 1 aliphatic heterocycles. The maximum Gasteiger partial charge on any atom is 0.186 e. The fourth-order valence-electron chi connectivity index (χ4n) is 2.00. The Labute approximate surface area is 120 Å². The summed E-state index contributed by atoms with van der Waals surface area (Å²) >= 11 is 7.58. The van der Waals surface area contributed by atoms with Gasteiger partial charge < -0.3 is 15.4 Å². The van der Waals surface area contributed by atoms with Crippen LogP contribution in [-0.4, -0.2) is 31.3 Å². The molecule has 0 aliphatic carbocycles. The smallest absolute Gasteiger partial charge is 0.186 e. The zero-order chi connectivity index (χ0) is 13.2. The number of aromatic nitrogens is 1. The number of hydrogen-bond acceptors (Lipinski definition) is 5. The quantitative estimate of drug-likeness (QED) is 0.866. The van der Waals surface area contributed by atoms with E-state index in [1.807, 2.05) is 17.5 Å². The zero-order valence-corrected chi connectivity index (χ0v) is 11.9. The monoisotopic (exact) mass is 295 g/mol. The first-order valence-corrected chi connectivity index (χ1v) is 7.33. The van der Waals surface area contributed by atoms with E-state index >= 15 is 0 Å². The third-order valence-electron chi connectivity index (χ3n) is 3.07. The average Bonchev–Trinajstić information content (AvgIpc) is 2.93. The van der Waals surface area contributed by atoms with Gasteiger partial charge in [0.1, 0.15) is 0 Å². The van der Waals surface area contributed by atoms with E-state index in [4.69, 9.17) is 22.1 Å². The Bertz CT molecular complexity index is 581. The van der Waals surface area contributed by atoms with Crippen molar-refractivity contribution in [1.29, 1.82) is 0 Å². The molecule has 3 rings (SSSR count). The number of benzene rings is 1. The van der Waals surface area contributed by atoms with Crippen molar-refractivity contribution in [2.24, 2.45) is 0 Å². The van der Waals surface area contributed by atoms with E-state index in [0.29, 0.717) is 10.7 Å². The van der Waals surface area contributed by atoms with Crippen molar-refractivity contribution in [3.05, 3.63) is 28.6 Å². The molecular weight excluding hydrogens is 282 g/mol. The fourth-order valence-corrected chi connectivity index (χ4v) is 3.01. The molecule has 0 saturated carbocycles. The number of nitrogen functional groups attached to an aromatic ring is 1. The Morgan fingerprint density at radius 3 is 2.84 bits per heavy atom. The summed E-state index contributed by atoms with van der Waals surface area (Å²) < 4.78 is 5.35. The molecule has 0 radical (unpaired) electrons. The molecule has 100 valence electrons. The summed E-state index contributed by atoms with van der Waals surface area (Å²) in [6.07, 6.45) is 0.